The summed E-state index contributed by atoms with van der Waals surface area (Å²) in [6.45, 7) is 2.39. The number of Topliss-reactive ketones (excluding diaryl/α,β-unsaturated/α-hetero) is 1. The van der Waals surface area contributed by atoms with E-state index in [2.05, 4.69) is 15.2 Å². The summed E-state index contributed by atoms with van der Waals surface area (Å²) < 4.78 is 0. The lowest BCUT2D eigenvalue weighted by molar-refractivity contribution is 0.0993. The van der Waals surface area contributed by atoms with Crippen LogP contribution in [0.2, 0.25) is 0 Å². The molecular formula is C13H19N3O. The number of carbonyl (C=O) groups is 1. The molecule has 0 unspecified atom stereocenters. The summed E-state index contributed by atoms with van der Waals surface area (Å²) in [6.07, 6.45) is 5.43. The molecule has 0 saturated carbocycles. The number of carbonyl (C=O) groups excluding carboxylic acids is 1. The van der Waals surface area contributed by atoms with E-state index in [4.69, 9.17) is 0 Å². The van der Waals surface area contributed by atoms with Gasteiger partial charge in [0.15, 0.2) is 5.78 Å². The molecule has 0 amide bonds. The zero-order chi connectivity index (χ0) is 12.1. The van der Waals surface area contributed by atoms with Gasteiger partial charge in [-0.2, -0.15) is 0 Å². The smallest absolute Gasteiger partial charge is 0.180 e. The highest BCUT2D eigenvalue weighted by Gasteiger charge is 2.18. The maximum atomic E-state index is 12.0. The minimum Gasteiger partial charge on any atom is -0.356 e. The van der Waals surface area contributed by atoms with Crippen molar-refractivity contribution < 1.29 is 4.79 Å². The van der Waals surface area contributed by atoms with E-state index in [1.54, 1.807) is 13.2 Å². The summed E-state index contributed by atoms with van der Waals surface area (Å²) in [5.41, 5.74) is 0.740. The number of rotatable bonds is 4. The Labute approximate surface area is 102 Å². The topological polar surface area (TPSA) is 45.2 Å². The molecule has 1 N–H and O–H groups in total. The van der Waals surface area contributed by atoms with E-state index < -0.39 is 0 Å². The fourth-order valence-corrected chi connectivity index (χ4v) is 2.23. The first-order valence-electron chi connectivity index (χ1n) is 6.20. The third kappa shape index (κ3) is 2.82. The van der Waals surface area contributed by atoms with Gasteiger partial charge in [-0.15, -0.1) is 0 Å². The predicted molar refractivity (Wildman–Crippen MR) is 68.6 cm³/mol. The Morgan fingerprint density at radius 1 is 1.41 bits per heavy atom. The Kier molecular flexibility index (Phi) is 4.09. The molecule has 0 bridgehead atoms. The van der Waals surface area contributed by atoms with Crippen LogP contribution in [-0.2, 0) is 0 Å². The van der Waals surface area contributed by atoms with Gasteiger partial charge in [0, 0.05) is 19.3 Å². The van der Waals surface area contributed by atoms with E-state index in [1.165, 1.54) is 19.3 Å². The molecule has 17 heavy (non-hydrogen) atoms. The molecular weight excluding hydrogens is 214 g/mol. The average Bonchev–Trinajstić information content (AvgIpc) is 2.40. The molecule has 1 aliphatic heterocycles. The van der Waals surface area contributed by atoms with Crippen LogP contribution in [0.4, 0.5) is 5.82 Å². The first-order valence-corrected chi connectivity index (χ1v) is 6.20. The molecule has 2 heterocycles. The van der Waals surface area contributed by atoms with Gasteiger partial charge in [-0.3, -0.25) is 4.79 Å². The van der Waals surface area contributed by atoms with E-state index in [9.17, 15) is 4.79 Å². The number of aromatic nitrogens is 1. The molecule has 2 rings (SSSR count). The van der Waals surface area contributed by atoms with Crippen LogP contribution < -0.4 is 10.2 Å². The number of piperidine rings is 1. The number of hydrogen-bond acceptors (Lipinski definition) is 4. The zero-order valence-corrected chi connectivity index (χ0v) is 10.3. The van der Waals surface area contributed by atoms with Gasteiger partial charge in [0.05, 0.1) is 12.1 Å². The van der Waals surface area contributed by atoms with Crippen LogP contribution in [-0.4, -0.2) is 37.4 Å². The first kappa shape index (κ1) is 12.0. The fourth-order valence-electron chi connectivity index (χ4n) is 2.23. The minimum absolute atomic E-state index is 0.112. The SMILES string of the molecule is CNCC(=O)c1cccnc1N1CCCCC1. The summed E-state index contributed by atoms with van der Waals surface area (Å²) in [5, 5.41) is 2.90. The molecule has 0 aromatic carbocycles. The van der Waals surface area contributed by atoms with Gasteiger partial charge in [0.2, 0.25) is 0 Å². The maximum absolute atomic E-state index is 12.0. The van der Waals surface area contributed by atoms with Gasteiger partial charge < -0.3 is 10.2 Å². The van der Waals surface area contributed by atoms with Crippen molar-refractivity contribution in [1.29, 1.82) is 0 Å². The number of ketones is 1. The monoisotopic (exact) mass is 233 g/mol. The second kappa shape index (κ2) is 5.77. The molecule has 0 atom stereocenters. The largest absolute Gasteiger partial charge is 0.356 e. The van der Waals surface area contributed by atoms with E-state index in [-0.39, 0.29) is 5.78 Å². The van der Waals surface area contributed by atoms with E-state index in [1.807, 2.05) is 12.1 Å². The fraction of sp³-hybridized carbons (Fsp3) is 0.538. The van der Waals surface area contributed by atoms with Gasteiger partial charge in [0.1, 0.15) is 5.82 Å². The summed E-state index contributed by atoms with van der Waals surface area (Å²) in [5.74, 6) is 0.966. The van der Waals surface area contributed by atoms with Crippen LogP contribution in [0.15, 0.2) is 18.3 Å². The molecule has 0 spiro atoms. The van der Waals surface area contributed by atoms with E-state index in [0.29, 0.717) is 6.54 Å². The molecule has 0 radical (unpaired) electrons. The van der Waals surface area contributed by atoms with Crippen molar-refractivity contribution in [1.82, 2.24) is 10.3 Å². The van der Waals surface area contributed by atoms with Gasteiger partial charge >= 0.3 is 0 Å². The molecule has 4 nitrogen and oxygen atoms in total. The lowest BCUT2D eigenvalue weighted by atomic mass is 10.1. The van der Waals surface area contributed by atoms with Crippen molar-refractivity contribution in [2.24, 2.45) is 0 Å². The van der Waals surface area contributed by atoms with Crippen molar-refractivity contribution in [3.05, 3.63) is 23.9 Å². The van der Waals surface area contributed by atoms with E-state index in [0.717, 1.165) is 24.5 Å². The van der Waals surface area contributed by atoms with Crippen molar-refractivity contribution in [3.63, 3.8) is 0 Å². The molecule has 1 fully saturated rings. The molecule has 92 valence electrons. The molecule has 0 aliphatic carbocycles. The van der Waals surface area contributed by atoms with Crippen LogP contribution in [0.1, 0.15) is 29.6 Å². The number of nitrogens with zero attached hydrogens (tertiary/aromatic N) is 2. The van der Waals surface area contributed by atoms with Crippen molar-refractivity contribution in [2.75, 3.05) is 31.6 Å². The van der Waals surface area contributed by atoms with Crippen LogP contribution in [0, 0.1) is 0 Å². The number of likely N-dealkylation sites (N-methyl/N-ethyl adjacent to an activating group) is 1. The second-order valence-corrected chi connectivity index (χ2v) is 4.38. The Morgan fingerprint density at radius 3 is 2.88 bits per heavy atom. The van der Waals surface area contributed by atoms with E-state index >= 15 is 0 Å². The number of pyridine rings is 1. The Balaban J connectivity index is 2.23. The van der Waals surface area contributed by atoms with Crippen LogP contribution >= 0.6 is 0 Å². The number of anilines is 1. The standard InChI is InChI=1S/C13H19N3O/c1-14-10-12(17)11-6-5-7-15-13(11)16-8-3-2-4-9-16/h5-7,14H,2-4,8-10H2,1H3. The lowest BCUT2D eigenvalue weighted by Crippen LogP contribution is -2.32. The maximum Gasteiger partial charge on any atom is 0.180 e. The summed E-state index contributed by atoms with van der Waals surface area (Å²) in [6, 6.07) is 3.70. The Bertz CT molecular complexity index is 386. The normalized spacial score (nSPS) is 15.9. The highest BCUT2D eigenvalue weighted by atomic mass is 16.1. The summed E-state index contributed by atoms with van der Waals surface area (Å²) in [7, 11) is 1.79. The van der Waals surface area contributed by atoms with Crippen LogP contribution in [0.25, 0.3) is 0 Å². The second-order valence-electron chi connectivity index (χ2n) is 4.38. The molecule has 1 aliphatic rings. The number of hydrogen-bond donors (Lipinski definition) is 1. The highest BCUT2D eigenvalue weighted by molar-refractivity contribution is 6.01. The van der Waals surface area contributed by atoms with Crippen LogP contribution in [0.5, 0.6) is 0 Å². The molecule has 1 saturated heterocycles. The molecule has 4 heteroatoms. The highest BCUT2D eigenvalue weighted by Crippen LogP contribution is 2.21. The Hall–Kier alpha value is -1.42. The quantitative estimate of drug-likeness (QED) is 0.800. The summed E-state index contributed by atoms with van der Waals surface area (Å²) >= 11 is 0. The van der Waals surface area contributed by atoms with Crippen molar-refractivity contribution in [2.45, 2.75) is 19.3 Å². The summed E-state index contributed by atoms with van der Waals surface area (Å²) in [4.78, 5) is 18.6. The van der Waals surface area contributed by atoms with Crippen LogP contribution in [0.3, 0.4) is 0 Å². The third-order valence-corrected chi connectivity index (χ3v) is 3.08. The van der Waals surface area contributed by atoms with Gasteiger partial charge in [0.25, 0.3) is 0 Å². The zero-order valence-electron chi connectivity index (χ0n) is 10.3. The molecule has 1 aromatic rings. The average molecular weight is 233 g/mol. The predicted octanol–water partition coefficient (Wildman–Crippen LogP) is 1.47. The number of nitrogens with one attached hydrogen (secondary N) is 1. The Morgan fingerprint density at radius 2 is 2.18 bits per heavy atom. The third-order valence-electron chi connectivity index (χ3n) is 3.08. The van der Waals surface area contributed by atoms with Gasteiger partial charge in [-0.05, 0) is 38.4 Å². The van der Waals surface area contributed by atoms with Crippen molar-refractivity contribution >= 4 is 11.6 Å². The molecule has 1 aromatic heterocycles. The first-order chi connectivity index (χ1) is 8.33. The van der Waals surface area contributed by atoms with Gasteiger partial charge in [-0.1, -0.05) is 0 Å². The lowest BCUT2D eigenvalue weighted by Gasteiger charge is -2.29. The van der Waals surface area contributed by atoms with Crippen molar-refractivity contribution in [3.8, 4) is 0 Å². The van der Waals surface area contributed by atoms with Gasteiger partial charge in [-0.25, -0.2) is 4.98 Å². The minimum atomic E-state index is 0.112.